The number of methoxy groups -OCH3 is 2. The molecule has 0 saturated carbocycles. The van der Waals surface area contributed by atoms with Gasteiger partial charge in [0.15, 0.2) is 0 Å². The van der Waals surface area contributed by atoms with Crippen molar-refractivity contribution in [2.24, 2.45) is 5.92 Å². The van der Waals surface area contributed by atoms with Crippen LogP contribution in [-0.4, -0.2) is 20.2 Å². The number of esters is 1. The van der Waals surface area contributed by atoms with Gasteiger partial charge in [-0.3, -0.25) is 4.79 Å². The SMILES string of the molecule is COC(=O)C(CCCc1cccc2ccccc12)CCc1ccc(-c2cccc(OC)c2)cc1. The Balaban J connectivity index is 1.35. The lowest BCUT2D eigenvalue weighted by atomic mass is 9.92. The molecular formula is C31H32O3. The van der Waals surface area contributed by atoms with Gasteiger partial charge in [-0.25, -0.2) is 0 Å². The third kappa shape index (κ3) is 5.85. The second-order valence-electron chi connectivity index (χ2n) is 8.72. The van der Waals surface area contributed by atoms with Gasteiger partial charge in [0, 0.05) is 0 Å². The van der Waals surface area contributed by atoms with E-state index in [-0.39, 0.29) is 11.9 Å². The monoisotopic (exact) mass is 452 g/mol. The van der Waals surface area contributed by atoms with Crippen LogP contribution in [0.4, 0.5) is 0 Å². The van der Waals surface area contributed by atoms with Crippen molar-refractivity contribution in [1.29, 1.82) is 0 Å². The van der Waals surface area contributed by atoms with Crippen LogP contribution in [0.1, 0.15) is 30.4 Å². The molecule has 0 saturated heterocycles. The summed E-state index contributed by atoms with van der Waals surface area (Å²) in [4.78, 5) is 12.5. The standard InChI is InChI=1S/C31H32O3/c1-33-29-14-7-13-28(22-29)24-19-16-23(17-20-24)18-21-27(31(32)34-2)12-6-11-26-10-5-9-25-8-3-4-15-30(25)26/h3-5,7-10,13-17,19-20,22,27H,6,11-12,18,21H2,1-2H3. The van der Waals surface area contributed by atoms with E-state index in [4.69, 9.17) is 9.47 Å². The molecule has 0 fully saturated rings. The van der Waals surface area contributed by atoms with Crippen molar-refractivity contribution in [3.05, 3.63) is 102 Å². The molecule has 0 aromatic heterocycles. The predicted molar refractivity (Wildman–Crippen MR) is 139 cm³/mol. The van der Waals surface area contributed by atoms with Crippen molar-refractivity contribution in [1.82, 2.24) is 0 Å². The summed E-state index contributed by atoms with van der Waals surface area (Å²) in [5.74, 6) is 0.662. The minimum Gasteiger partial charge on any atom is -0.497 e. The van der Waals surface area contributed by atoms with E-state index in [2.05, 4.69) is 72.8 Å². The van der Waals surface area contributed by atoms with E-state index in [9.17, 15) is 4.79 Å². The molecule has 0 spiro atoms. The maximum absolute atomic E-state index is 12.5. The summed E-state index contributed by atoms with van der Waals surface area (Å²) in [5, 5.41) is 2.57. The van der Waals surface area contributed by atoms with Crippen molar-refractivity contribution in [2.45, 2.75) is 32.1 Å². The zero-order chi connectivity index (χ0) is 23.8. The summed E-state index contributed by atoms with van der Waals surface area (Å²) in [6.07, 6.45) is 4.40. The molecule has 3 nitrogen and oxygen atoms in total. The van der Waals surface area contributed by atoms with Crippen LogP contribution >= 0.6 is 0 Å². The highest BCUT2D eigenvalue weighted by Crippen LogP contribution is 2.26. The fourth-order valence-electron chi connectivity index (χ4n) is 4.60. The molecule has 0 N–H and O–H groups in total. The lowest BCUT2D eigenvalue weighted by Gasteiger charge is -2.15. The summed E-state index contributed by atoms with van der Waals surface area (Å²) >= 11 is 0. The van der Waals surface area contributed by atoms with Gasteiger partial charge in [0.05, 0.1) is 20.1 Å². The van der Waals surface area contributed by atoms with Crippen LogP contribution in [0.2, 0.25) is 0 Å². The molecule has 0 aliphatic heterocycles. The van der Waals surface area contributed by atoms with Crippen LogP contribution in [0, 0.1) is 5.92 Å². The number of benzene rings is 4. The van der Waals surface area contributed by atoms with E-state index in [1.165, 1.54) is 29.0 Å². The number of carbonyl (C=O) groups excluding carboxylic acids is 1. The quantitative estimate of drug-likeness (QED) is 0.238. The van der Waals surface area contributed by atoms with Gasteiger partial charge >= 0.3 is 5.97 Å². The topological polar surface area (TPSA) is 35.5 Å². The number of carbonyl (C=O) groups is 1. The average Bonchev–Trinajstić information content (AvgIpc) is 2.90. The second-order valence-corrected chi connectivity index (χ2v) is 8.72. The third-order valence-corrected chi connectivity index (χ3v) is 6.55. The molecule has 0 bridgehead atoms. The summed E-state index contributed by atoms with van der Waals surface area (Å²) < 4.78 is 10.5. The van der Waals surface area contributed by atoms with Gasteiger partial charge in [0.25, 0.3) is 0 Å². The molecule has 4 aromatic rings. The van der Waals surface area contributed by atoms with Crippen LogP contribution in [0.25, 0.3) is 21.9 Å². The molecule has 174 valence electrons. The summed E-state index contributed by atoms with van der Waals surface area (Å²) in [5.41, 5.74) is 4.86. The Kier molecular flexibility index (Phi) is 7.98. The number of aryl methyl sites for hydroxylation is 2. The van der Waals surface area contributed by atoms with E-state index in [0.29, 0.717) is 0 Å². The number of ether oxygens (including phenoxy) is 2. The summed E-state index contributed by atoms with van der Waals surface area (Å²) in [6, 6.07) is 31.6. The van der Waals surface area contributed by atoms with Gasteiger partial charge < -0.3 is 9.47 Å². The Morgan fingerprint density at radius 3 is 2.32 bits per heavy atom. The van der Waals surface area contributed by atoms with Crippen LogP contribution in [0.15, 0.2) is 91.0 Å². The maximum atomic E-state index is 12.5. The molecule has 0 amide bonds. The Labute approximate surface area is 202 Å². The number of hydrogen-bond acceptors (Lipinski definition) is 3. The third-order valence-electron chi connectivity index (χ3n) is 6.55. The van der Waals surface area contributed by atoms with Crippen molar-refractivity contribution in [3.63, 3.8) is 0 Å². The van der Waals surface area contributed by atoms with E-state index in [1.54, 1.807) is 7.11 Å². The number of hydrogen-bond donors (Lipinski definition) is 0. The van der Waals surface area contributed by atoms with Crippen LogP contribution in [0.5, 0.6) is 5.75 Å². The maximum Gasteiger partial charge on any atom is 0.308 e. The first kappa shape index (κ1) is 23.6. The lowest BCUT2D eigenvalue weighted by Crippen LogP contribution is -2.17. The van der Waals surface area contributed by atoms with E-state index in [1.807, 2.05) is 18.2 Å². The van der Waals surface area contributed by atoms with Gasteiger partial charge in [-0.1, -0.05) is 78.9 Å². The van der Waals surface area contributed by atoms with Crippen LogP contribution in [-0.2, 0) is 22.4 Å². The number of rotatable bonds is 10. The molecule has 0 heterocycles. The Morgan fingerprint density at radius 1 is 0.765 bits per heavy atom. The van der Waals surface area contributed by atoms with Crippen molar-refractivity contribution < 1.29 is 14.3 Å². The summed E-state index contributed by atoms with van der Waals surface area (Å²) in [6.45, 7) is 0. The highest BCUT2D eigenvalue weighted by atomic mass is 16.5. The molecule has 0 aliphatic rings. The highest BCUT2D eigenvalue weighted by molar-refractivity contribution is 5.85. The first-order valence-corrected chi connectivity index (χ1v) is 12.0. The Morgan fingerprint density at radius 2 is 1.53 bits per heavy atom. The van der Waals surface area contributed by atoms with Gasteiger partial charge in [0.2, 0.25) is 0 Å². The fourth-order valence-corrected chi connectivity index (χ4v) is 4.60. The normalized spacial score (nSPS) is 11.8. The number of fused-ring (bicyclic) bond motifs is 1. The first-order chi connectivity index (χ1) is 16.7. The largest absolute Gasteiger partial charge is 0.497 e. The predicted octanol–water partition coefficient (Wildman–Crippen LogP) is 7.26. The molecule has 34 heavy (non-hydrogen) atoms. The molecule has 0 aliphatic carbocycles. The van der Waals surface area contributed by atoms with Crippen molar-refractivity contribution in [2.75, 3.05) is 14.2 Å². The van der Waals surface area contributed by atoms with Gasteiger partial charge in [-0.2, -0.15) is 0 Å². The van der Waals surface area contributed by atoms with Gasteiger partial charge in [-0.15, -0.1) is 0 Å². The van der Waals surface area contributed by atoms with Crippen molar-refractivity contribution >= 4 is 16.7 Å². The minimum atomic E-state index is -0.106. The average molecular weight is 453 g/mol. The van der Waals surface area contributed by atoms with E-state index in [0.717, 1.165) is 49.0 Å². The van der Waals surface area contributed by atoms with Crippen LogP contribution < -0.4 is 4.74 Å². The zero-order valence-electron chi connectivity index (χ0n) is 20.0. The van der Waals surface area contributed by atoms with Gasteiger partial charge in [0.1, 0.15) is 5.75 Å². The summed E-state index contributed by atoms with van der Waals surface area (Å²) in [7, 11) is 3.17. The second kappa shape index (κ2) is 11.5. The molecule has 3 heteroatoms. The molecule has 1 atom stereocenters. The molecule has 1 unspecified atom stereocenters. The smallest absolute Gasteiger partial charge is 0.308 e. The minimum absolute atomic E-state index is 0.0852. The van der Waals surface area contributed by atoms with Crippen LogP contribution in [0.3, 0.4) is 0 Å². The Hall–Kier alpha value is -3.59. The highest BCUT2D eigenvalue weighted by Gasteiger charge is 2.19. The van der Waals surface area contributed by atoms with E-state index < -0.39 is 0 Å². The zero-order valence-corrected chi connectivity index (χ0v) is 20.0. The first-order valence-electron chi connectivity index (χ1n) is 12.0. The molecule has 0 radical (unpaired) electrons. The van der Waals surface area contributed by atoms with E-state index >= 15 is 0 Å². The molecular weight excluding hydrogens is 420 g/mol. The van der Waals surface area contributed by atoms with Gasteiger partial charge in [-0.05, 0) is 77.3 Å². The molecule has 4 aromatic carbocycles. The lowest BCUT2D eigenvalue weighted by molar-refractivity contribution is -0.145. The Bertz CT molecular complexity index is 1220. The van der Waals surface area contributed by atoms with Crippen molar-refractivity contribution in [3.8, 4) is 16.9 Å². The fraction of sp³-hybridized carbons (Fsp3) is 0.258. The molecule has 4 rings (SSSR count).